The first-order valence-corrected chi connectivity index (χ1v) is 6.44. The zero-order valence-corrected chi connectivity index (χ0v) is 11.6. The van der Waals surface area contributed by atoms with Gasteiger partial charge in [-0.1, -0.05) is 6.07 Å². The van der Waals surface area contributed by atoms with Crippen molar-refractivity contribution in [3.05, 3.63) is 48.0 Å². The summed E-state index contributed by atoms with van der Waals surface area (Å²) >= 11 is 0. The fraction of sp³-hybridized carbons (Fsp3) is 0.286. The molecule has 0 aliphatic rings. The van der Waals surface area contributed by atoms with E-state index in [9.17, 15) is 5.11 Å². The highest BCUT2D eigenvalue weighted by Gasteiger charge is 2.15. The van der Waals surface area contributed by atoms with Crippen molar-refractivity contribution in [2.75, 3.05) is 11.9 Å². The molecule has 6 nitrogen and oxygen atoms in total. The Kier molecular flexibility index (Phi) is 3.15. The van der Waals surface area contributed by atoms with Crippen LogP contribution in [0.4, 0.5) is 5.82 Å². The number of pyridine rings is 1. The summed E-state index contributed by atoms with van der Waals surface area (Å²) in [5.41, 5.74) is 2.74. The van der Waals surface area contributed by atoms with Gasteiger partial charge in [0.15, 0.2) is 5.82 Å². The van der Waals surface area contributed by atoms with E-state index >= 15 is 0 Å². The molecule has 0 spiro atoms. The van der Waals surface area contributed by atoms with E-state index in [1.54, 1.807) is 4.68 Å². The van der Waals surface area contributed by atoms with Gasteiger partial charge in [-0.3, -0.25) is 9.08 Å². The van der Waals surface area contributed by atoms with Gasteiger partial charge in [-0.2, -0.15) is 5.10 Å². The second-order valence-electron chi connectivity index (χ2n) is 4.85. The van der Waals surface area contributed by atoms with Crippen molar-refractivity contribution in [3.63, 3.8) is 0 Å². The number of hydrogen-bond donors (Lipinski definition) is 1. The monoisotopic (exact) mass is 271 g/mol. The van der Waals surface area contributed by atoms with Gasteiger partial charge in [-0.05, 0) is 12.1 Å². The molecule has 6 heteroatoms. The van der Waals surface area contributed by atoms with Crippen molar-refractivity contribution in [3.8, 4) is 0 Å². The van der Waals surface area contributed by atoms with E-state index in [0.717, 1.165) is 22.7 Å². The minimum atomic E-state index is -0.0438. The van der Waals surface area contributed by atoms with E-state index < -0.39 is 0 Å². The van der Waals surface area contributed by atoms with Crippen LogP contribution in [0.2, 0.25) is 0 Å². The molecule has 0 unspecified atom stereocenters. The van der Waals surface area contributed by atoms with Crippen LogP contribution in [-0.2, 0) is 20.2 Å². The summed E-state index contributed by atoms with van der Waals surface area (Å²) in [6.45, 7) is 0.655. The number of anilines is 1. The van der Waals surface area contributed by atoms with Gasteiger partial charge in [0.05, 0.1) is 18.5 Å². The minimum absolute atomic E-state index is 0.0438. The van der Waals surface area contributed by atoms with Crippen LogP contribution in [0.1, 0.15) is 11.3 Å². The second-order valence-corrected chi connectivity index (χ2v) is 4.85. The molecule has 3 rings (SSSR count). The molecule has 3 heterocycles. The van der Waals surface area contributed by atoms with Gasteiger partial charge in [0, 0.05) is 38.6 Å². The molecule has 0 amide bonds. The molecule has 0 saturated carbocycles. The van der Waals surface area contributed by atoms with Gasteiger partial charge in [-0.15, -0.1) is 0 Å². The number of aromatic nitrogens is 4. The molecule has 0 aliphatic carbocycles. The fourth-order valence-corrected chi connectivity index (χ4v) is 2.39. The van der Waals surface area contributed by atoms with Gasteiger partial charge in [0.1, 0.15) is 5.65 Å². The lowest BCUT2D eigenvalue weighted by Gasteiger charge is -2.16. The molecule has 0 aromatic carbocycles. The number of rotatable bonds is 4. The lowest BCUT2D eigenvalue weighted by Crippen LogP contribution is -2.18. The van der Waals surface area contributed by atoms with Crippen LogP contribution in [-0.4, -0.2) is 31.3 Å². The molecule has 0 atom stereocenters. The molecular weight excluding hydrogens is 254 g/mol. The van der Waals surface area contributed by atoms with Gasteiger partial charge < -0.3 is 10.0 Å². The predicted octanol–water partition coefficient (Wildman–Crippen LogP) is 1.20. The average Bonchev–Trinajstić information content (AvgIpc) is 3.01. The smallest absolute Gasteiger partial charge is 0.153 e. The topological polar surface area (TPSA) is 58.6 Å². The zero-order valence-electron chi connectivity index (χ0n) is 11.6. The SMILES string of the molecule is CN(Cc1cnn(C)c1)c1nc2ccccn2c1CO. The molecule has 104 valence electrons. The molecule has 0 bridgehead atoms. The van der Waals surface area contributed by atoms with E-state index in [4.69, 9.17) is 0 Å². The Bertz CT molecular complexity index is 730. The summed E-state index contributed by atoms with van der Waals surface area (Å²) in [4.78, 5) is 6.61. The quantitative estimate of drug-likeness (QED) is 0.774. The van der Waals surface area contributed by atoms with Crippen LogP contribution < -0.4 is 4.90 Å². The maximum Gasteiger partial charge on any atom is 0.153 e. The van der Waals surface area contributed by atoms with Crippen molar-refractivity contribution in [2.45, 2.75) is 13.2 Å². The number of aryl methyl sites for hydroxylation is 1. The summed E-state index contributed by atoms with van der Waals surface area (Å²) in [6, 6.07) is 5.80. The summed E-state index contributed by atoms with van der Waals surface area (Å²) in [6.07, 6.45) is 5.73. The van der Waals surface area contributed by atoms with E-state index in [0.29, 0.717) is 6.54 Å². The van der Waals surface area contributed by atoms with E-state index in [-0.39, 0.29) is 6.61 Å². The highest BCUT2D eigenvalue weighted by Crippen LogP contribution is 2.22. The first kappa shape index (κ1) is 12.7. The lowest BCUT2D eigenvalue weighted by atomic mass is 10.3. The molecule has 0 saturated heterocycles. The van der Waals surface area contributed by atoms with Gasteiger partial charge in [0.25, 0.3) is 0 Å². The molecule has 0 aliphatic heterocycles. The summed E-state index contributed by atoms with van der Waals surface area (Å²) in [5, 5.41) is 13.8. The normalized spacial score (nSPS) is 11.2. The average molecular weight is 271 g/mol. The Balaban J connectivity index is 1.96. The van der Waals surface area contributed by atoms with Crippen molar-refractivity contribution < 1.29 is 5.11 Å². The maximum absolute atomic E-state index is 9.62. The van der Waals surface area contributed by atoms with Crippen LogP contribution in [0, 0.1) is 0 Å². The number of nitrogens with zero attached hydrogens (tertiary/aromatic N) is 5. The molecule has 0 fully saturated rings. The summed E-state index contributed by atoms with van der Waals surface area (Å²) in [7, 11) is 3.86. The van der Waals surface area contributed by atoms with Crippen LogP contribution in [0.25, 0.3) is 5.65 Å². The Morgan fingerprint density at radius 1 is 1.35 bits per heavy atom. The van der Waals surface area contributed by atoms with Crippen LogP contribution >= 0.6 is 0 Å². The first-order chi connectivity index (χ1) is 9.69. The Morgan fingerprint density at radius 3 is 2.90 bits per heavy atom. The second kappa shape index (κ2) is 4.97. The number of imidazole rings is 1. The first-order valence-electron chi connectivity index (χ1n) is 6.44. The van der Waals surface area contributed by atoms with Crippen molar-refractivity contribution in [1.82, 2.24) is 19.2 Å². The van der Waals surface area contributed by atoms with E-state index in [1.807, 2.05) is 60.2 Å². The Morgan fingerprint density at radius 2 is 2.20 bits per heavy atom. The summed E-state index contributed by atoms with van der Waals surface area (Å²) in [5.74, 6) is 0.794. The highest BCUT2D eigenvalue weighted by molar-refractivity contribution is 5.55. The van der Waals surface area contributed by atoms with Crippen LogP contribution in [0.5, 0.6) is 0 Å². The third kappa shape index (κ3) is 2.14. The molecule has 3 aromatic rings. The number of aliphatic hydroxyl groups is 1. The predicted molar refractivity (Wildman–Crippen MR) is 76.4 cm³/mol. The van der Waals surface area contributed by atoms with Crippen molar-refractivity contribution in [1.29, 1.82) is 0 Å². The van der Waals surface area contributed by atoms with Crippen LogP contribution in [0.15, 0.2) is 36.8 Å². The van der Waals surface area contributed by atoms with Crippen molar-refractivity contribution >= 4 is 11.5 Å². The number of hydrogen-bond acceptors (Lipinski definition) is 4. The summed E-state index contributed by atoms with van der Waals surface area (Å²) < 4.78 is 3.69. The molecule has 3 aromatic heterocycles. The molecular formula is C14H17N5O. The Labute approximate surface area is 116 Å². The zero-order chi connectivity index (χ0) is 14.1. The largest absolute Gasteiger partial charge is 0.390 e. The van der Waals surface area contributed by atoms with Crippen molar-refractivity contribution in [2.24, 2.45) is 7.05 Å². The highest BCUT2D eigenvalue weighted by atomic mass is 16.3. The van der Waals surface area contributed by atoms with E-state index in [2.05, 4.69) is 10.1 Å². The van der Waals surface area contributed by atoms with Gasteiger partial charge in [-0.25, -0.2) is 4.98 Å². The fourth-order valence-electron chi connectivity index (χ4n) is 2.39. The minimum Gasteiger partial charge on any atom is -0.390 e. The Hall–Kier alpha value is -2.34. The number of fused-ring (bicyclic) bond motifs is 1. The van der Waals surface area contributed by atoms with Gasteiger partial charge in [0.2, 0.25) is 0 Å². The molecule has 1 N–H and O–H groups in total. The van der Waals surface area contributed by atoms with Gasteiger partial charge >= 0.3 is 0 Å². The lowest BCUT2D eigenvalue weighted by molar-refractivity contribution is 0.276. The number of aliphatic hydroxyl groups excluding tert-OH is 1. The van der Waals surface area contributed by atoms with E-state index in [1.165, 1.54) is 0 Å². The third-order valence-corrected chi connectivity index (χ3v) is 3.30. The maximum atomic E-state index is 9.62. The van der Waals surface area contributed by atoms with Crippen LogP contribution in [0.3, 0.4) is 0 Å². The third-order valence-electron chi connectivity index (χ3n) is 3.30. The molecule has 20 heavy (non-hydrogen) atoms. The standard InChI is InChI=1S/C14H17N5O/c1-17(8-11-7-15-18(2)9-11)14-12(10-20)19-6-4-3-5-13(19)16-14/h3-7,9,20H,8,10H2,1-2H3. The molecule has 0 radical (unpaired) electrons.